The molecule has 0 aromatic rings. The van der Waals surface area contributed by atoms with Gasteiger partial charge in [-0.1, -0.05) is 13.8 Å². The maximum atomic E-state index is 12.3. The van der Waals surface area contributed by atoms with Crippen LogP contribution in [0.15, 0.2) is 0 Å². The number of likely N-dealkylation sites (tertiary alicyclic amines) is 1. The van der Waals surface area contributed by atoms with Crippen LogP contribution in [-0.4, -0.2) is 65.4 Å². The normalized spacial score (nSPS) is 25.6. The summed E-state index contributed by atoms with van der Waals surface area (Å²) in [5, 5.41) is 0. The predicted octanol–water partition coefficient (Wildman–Crippen LogP) is 3.67. The molecule has 2 spiro atoms. The highest BCUT2D eigenvalue weighted by Crippen LogP contribution is 2.49. The number of hydrogen-bond acceptors (Lipinski definition) is 4. The Kier molecular flexibility index (Phi) is 5.11. The zero-order valence-electron chi connectivity index (χ0n) is 16.8. The Labute approximate surface area is 153 Å². The SMILES string of the molecule is CC(C)CCN1CC2(CCN(C(=O)OC(C)(C)C)CC2)OC2(CC2)C1. The number of hydrogen-bond donors (Lipinski definition) is 0. The molecule has 2 heterocycles. The summed E-state index contributed by atoms with van der Waals surface area (Å²) in [7, 11) is 0. The molecule has 5 heteroatoms. The minimum absolute atomic E-state index is 0.0652. The Morgan fingerprint density at radius 1 is 1.08 bits per heavy atom. The number of nitrogens with zero attached hydrogens (tertiary/aromatic N) is 2. The second-order valence-corrected chi connectivity index (χ2v) is 9.83. The van der Waals surface area contributed by atoms with E-state index >= 15 is 0 Å². The second kappa shape index (κ2) is 6.73. The smallest absolute Gasteiger partial charge is 0.410 e. The highest BCUT2D eigenvalue weighted by atomic mass is 16.6. The van der Waals surface area contributed by atoms with E-state index in [4.69, 9.17) is 9.47 Å². The molecule has 144 valence electrons. The van der Waals surface area contributed by atoms with Gasteiger partial charge in [0, 0.05) is 26.2 Å². The Balaban J connectivity index is 1.58. The van der Waals surface area contributed by atoms with Crippen LogP contribution in [0.1, 0.15) is 66.7 Å². The fraction of sp³-hybridized carbons (Fsp3) is 0.950. The van der Waals surface area contributed by atoms with E-state index < -0.39 is 5.60 Å². The van der Waals surface area contributed by atoms with E-state index in [1.54, 1.807) is 0 Å². The number of ether oxygens (including phenoxy) is 2. The molecule has 1 aliphatic carbocycles. The lowest BCUT2D eigenvalue weighted by molar-refractivity contribution is -0.187. The van der Waals surface area contributed by atoms with Gasteiger partial charge in [-0.15, -0.1) is 0 Å². The number of rotatable bonds is 3. The van der Waals surface area contributed by atoms with Crippen molar-refractivity contribution in [2.75, 3.05) is 32.7 Å². The van der Waals surface area contributed by atoms with Crippen molar-refractivity contribution in [1.29, 1.82) is 0 Å². The molecule has 5 nitrogen and oxygen atoms in total. The average Bonchev–Trinajstić information content (AvgIpc) is 3.21. The third kappa shape index (κ3) is 4.88. The Morgan fingerprint density at radius 2 is 1.64 bits per heavy atom. The first-order valence-electron chi connectivity index (χ1n) is 10.0. The molecule has 1 amide bonds. The summed E-state index contributed by atoms with van der Waals surface area (Å²) in [4.78, 5) is 16.8. The van der Waals surface area contributed by atoms with E-state index in [0.717, 1.165) is 44.9 Å². The van der Waals surface area contributed by atoms with Gasteiger partial charge in [-0.05, 0) is 65.3 Å². The lowest BCUT2D eigenvalue weighted by atomic mass is 9.88. The third-order valence-electron chi connectivity index (χ3n) is 5.61. The van der Waals surface area contributed by atoms with Gasteiger partial charge in [0.05, 0.1) is 11.2 Å². The molecule has 0 aromatic carbocycles. The molecule has 0 aromatic heterocycles. The minimum Gasteiger partial charge on any atom is -0.444 e. The Morgan fingerprint density at radius 3 is 2.12 bits per heavy atom. The van der Waals surface area contributed by atoms with Gasteiger partial charge in [0.2, 0.25) is 0 Å². The molecule has 1 saturated carbocycles. The molecule has 0 unspecified atom stereocenters. The van der Waals surface area contributed by atoms with Gasteiger partial charge in [0.25, 0.3) is 0 Å². The van der Waals surface area contributed by atoms with Gasteiger partial charge in [-0.25, -0.2) is 4.79 Å². The first kappa shape index (κ1) is 19.0. The maximum absolute atomic E-state index is 12.3. The molecule has 3 rings (SSSR count). The van der Waals surface area contributed by atoms with Crippen molar-refractivity contribution in [3.05, 3.63) is 0 Å². The quantitative estimate of drug-likeness (QED) is 0.777. The molecule has 3 aliphatic rings. The number of amides is 1. The van der Waals surface area contributed by atoms with Gasteiger partial charge in [0.1, 0.15) is 5.60 Å². The third-order valence-corrected chi connectivity index (χ3v) is 5.61. The van der Waals surface area contributed by atoms with Crippen LogP contribution in [0, 0.1) is 5.92 Å². The second-order valence-electron chi connectivity index (χ2n) is 9.83. The molecule has 3 fully saturated rings. The number of carbonyl (C=O) groups excluding carboxylic acids is 1. The zero-order chi connectivity index (χ0) is 18.3. The lowest BCUT2D eigenvalue weighted by Gasteiger charge is -2.50. The van der Waals surface area contributed by atoms with Gasteiger partial charge in [0.15, 0.2) is 0 Å². The van der Waals surface area contributed by atoms with E-state index in [-0.39, 0.29) is 17.3 Å². The first-order chi connectivity index (χ1) is 11.6. The van der Waals surface area contributed by atoms with Crippen LogP contribution >= 0.6 is 0 Å². The van der Waals surface area contributed by atoms with Crippen molar-refractivity contribution in [2.45, 2.75) is 83.5 Å². The highest BCUT2D eigenvalue weighted by molar-refractivity contribution is 5.68. The summed E-state index contributed by atoms with van der Waals surface area (Å²) >= 11 is 0. The van der Waals surface area contributed by atoms with Crippen molar-refractivity contribution in [2.24, 2.45) is 5.92 Å². The maximum Gasteiger partial charge on any atom is 0.410 e. The van der Waals surface area contributed by atoms with Crippen LogP contribution in [0.5, 0.6) is 0 Å². The monoisotopic (exact) mass is 352 g/mol. The predicted molar refractivity (Wildman–Crippen MR) is 98.7 cm³/mol. The fourth-order valence-electron chi connectivity index (χ4n) is 4.08. The molecular formula is C20H36N2O3. The van der Waals surface area contributed by atoms with E-state index in [1.165, 1.54) is 25.8 Å². The van der Waals surface area contributed by atoms with Crippen LogP contribution in [0.3, 0.4) is 0 Å². The fourth-order valence-corrected chi connectivity index (χ4v) is 4.08. The minimum atomic E-state index is -0.431. The zero-order valence-corrected chi connectivity index (χ0v) is 16.8. The molecule has 2 aliphatic heterocycles. The van der Waals surface area contributed by atoms with Crippen LogP contribution in [0.25, 0.3) is 0 Å². The summed E-state index contributed by atoms with van der Waals surface area (Å²) in [6.45, 7) is 15.1. The summed E-state index contributed by atoms with van der Waals surface area (Å²) in [6, 6.07) is 0. The van der Waals surface area contributed by atoms with Crippen molar-refractivity contribution in [1.82, 2.24) is 9.80 Å². The van der Waals surface area contributed by atoms with Crippen molar-refractivity contribution in [3.63, 3.8) is 0 Å². The summed E-state index contributed by atoms with van der Waals surface area (Å²) in [5.41, 5.74) is -0.382. The largest absolute Gasteiger partial charge is 0.444 e. The Bertz CT molecular complexity index is 486. The molecule has 25 heavy (non-hydrogen) atoms. The number of carbonyl (C=O) groups is 1. The van der Waals surface area contributed by atoms with Crippen LogP contribution in [0.4, 0.5) is 4.79 Å². The van der Waals surface area contributed by atoms with Crippen molar-refractivity contribution < 1.29 is 14.3 Å². The topological polar surface area (TPSA) is 42.0 Å². The van der Waals surface area contributed by atoms with Crippen molar-refractivity contribution in [3.8, 4) is 0 Å². The van der Waals surface area contributed by atoms with Gasteiger partial charge >= 0.3 is 6.09 Å². The number of piperidine rings is 1. The Hall–Kier alpha value is -0.810. The highest BCUT2D eigenvalue weighted by Gasteiger charge is 2.55. The molecule has 2 saturated heterocycles. The van der Waals surface area contributed by atoms with E-state index in [1.807, 2.05) is 25.7 Å². The van der Waals surface area contributed by atoms with Crippen LogP contribution in [-0.2, 0) is 9.47 Å². The van der Waals surface area contributed by atoms with Gasteiger partial charge in [-0.3, -0.25) is 4.90 Å². The van der Waals surface area contributed by atoms with Crippen LogP contribution < -0.4 is 0 Å². The van der Waals surface area contributed by atoms with E-state index in [9.17, 15) is 4.79 Å². The average molecular weight is 353 g/mol. The summed E-state index contributed by atoms with van der Waals surface area (Å²) in [5.74, 6) is 0.739. The number of morpholine rings is 1. The van der Waals surface area contributed by atoms with Gasteiger partial charge < -0.3 is 14.4 Å². The van der Waals surface area contributed by atoms with Crippen molar-refractivity contribution >= 4 is 6.09 Å². The first-order valence-corrected chi connectivity index (χ1v) is 10.0. The van der Waals surface area contributed by atoms with E-state index in [0.29, 0.717) is 0 Å². The molecule has 0 radical (unpaired) electrons. The van der Waals surface area contributed by atoms with Gasteiger partial charge in [-0.2, -0.15) is 0 Å². The summed E-state index contributed by atoms with van der Waals surface area (Å²) in [6.07, 6.45) is 5.30. The molecular weight excluding hydrogens is 316 g/mol. The standard InChI is InChI=1S/C20H36N2O3/c1-16(2)6-11-21-14-19(7-8-19)25-20(15-21)9-12-22(13-10-20)17(23)24-18(3,4)5/h16H,6-15H2,1-5H3. The van der Waals surface area contributed by atoms with Crippen LogP contribution in [0.2, 0.25) is 0 Å². The molecule has 0 atom stereocenters. The summed E-state index contributed by atoms with van der Waals surface area (Å²) < 4.78 is 12.2. The molecule has 0 N–H and O–H groups in total. The molecule has 0 bridgehead atoms. The lowest BCUT2D eigenvalue weighted by Crippen LogP contribution is -2.61. The van der Waals surface area contributed by atoms with E-state index in [2.05, 4.69) is 18.7 Å².